The van der Waals surface area contributed by atoms with E-state index in [1.54, 1.807) is 29.2 Å². The minimum absolute atomic E-state index is 0.266. The number of hydrogen-bond acceptors (Lipinski definition) is 3. The number of nitrogens with zero attached hydrogens (tertiary/aromatic N) is 3. The van der Waals surface area contributed by atoms with Crippen LogP contribution < -0.4 is 5.32 Å². The van der Waals surface area contributed by atoms with Crippen LogP contribution in [-0.2, 0) is 6.54 Å². The lowest BCUT2D eigenvalue weighted by atomic mass is 10.2. The van der Waals surface area contributed by atoms with Crippen LogP contribution in [0.4, 0.5) is 10.1 Å². The van der Waals surface area contributed by atoms with Crippen molar-refractivity contribution in [2.45, 2.75) is 6.54 Å². The Labute approximate surface area is 129 Å². The topological polar surface area (TPSA) is 42.7 Å². The molecule has 1 N–H and O–H groups in total. The number of pyridine rings is 1. The molecule has 0 bridgehead atoms. The molecule has 2 heterocycles. The molecular formula is C15H12BrFN4. The molecule has 0 saturated carbocycles. The van der Waals surface area contributed by atoms with Gasteiger partial charge in [-0.25, -0.2) is 14.1 Å². The molecule has 2 aromatic heterocycles. The van der Waals surface area contributed by atoms with Gasteiger partial charge >= 0.3 is 0 Å². The van der Waals surface area contributed by atoms with Crippen LogP contribution in [0.1, 0.15) is 5.56 Å². The highest BCUT2D eigenvalue weighted by Crippen LogP contribution is 2.20. The smallest absolute Gasteiger partial charge is 0.176 e. The van der Waals surface area contributed by atoms with Crippen LogP contribution in [0.25, 0.3) is 5.82 Å². The van der Waals surface area contributed by atoms with Gasteiger partial charge < -0.3 is 5.32 Å². The second-order valence-corrected chi connectivity index (χ2v) is 5.28. The van der Waals surface area contributed by atoms with Gasteiger partial charge in [0.25, 0.3) is 0 Å². The molecule has 0 saturated heterocycles. The Morgan fingerprint density at radius 1 is 1.19 bits per heavy atom. The molecule has 0 aliphatic rings. The Kier molecular flexibility index (Phi) is 3.96. The van der Waals surface area contributed by atoms with E-state index in [1.807, 2.05) is 24.4 Å². The molecule has 0 aliphatic heterocycles. The molecule has 4 nitrogen and oxygen atoms in total. The van der Waals surface area contributed by atoms with E-state index >= 15 is 0 Å². The molecule has 3 aromatic rings. The molecular weight excluding hydrogens is 335 g/mol. The molecule has 6 heteroatoms. The number of hydrogen-bond donors (Lipinski definition) is 1. The summed E-state index contributed by atoms with van der Waals surface area (Å²) in [6.45, 7) is 0.568. The van der Waals surface area contributed by atoms with Gasteiger partial charge in [0.05, 0.1) is 10.2 Å². The number of rotatable bonds is 4. The Morgan fingerprint density at radius 3 is 2.86 bits per heavy atom. The standard InChI is InChI=1S/C15H12BrFN4/c16-12-9-11(4-5-13(12)17)10-19-14-3-1-6-18-15(14)21-8-2-7-20-21/h1-9,19H,10H2. The number of nitrogens with one attached hydrogen (secondary N) is 1. The Morgan fingerprint density at radius 2 is 2.10 bits per heavy atom. The quantitative estimate of drug-likeness (QED) is 0.781. The highest BCUT2D eigenvalue weighted by molar-refractivity contribution is 9.10. The van der Waals surface area contributed by atoms with Crippen molar-refractivity contribution >= 4 is 21.6 Å². The van der Waals surface area contributed by atoms with Gasteiger partial charge in [-0.05, 0) is 51.8 Å². The minimum Gasteiger partial charge on any atom is -0.378 e. The lowest BCUT2D eigenvalue weighted by molar-refractivity contribution is 0.620. The predicted octanol–water partition coefficient (Wildman–Crippen LogP) is 3.78. The zero-order valence-corrected chi connectivity index (χ0v) is 12.6. The Bertz CT molecular complexity index is 743. The van der Waals surface area contributed by atoms with Gasteiger partial charge in [0.2, 0.25) is 0 Å². The summed E-state index contributed by atoms with van der Waals surface area (Å²) in [6.07, 6.45) is 5.26. The van der Waals surface area contributed by atoms with Crippen molar-refractivity contribution in [2.24, 2.45) is 0 Å². The fraction of sp³-hybridized carbons (Fsp3) is 0.0667. The Hall–Kier alpha value is -2.21. The summed E-state index contributed by atoms with van der Waals surface area (Å²) in [5.41, 5.74) is 1.83. The van der Waals surface area contributed by atoms with Gasteiger partial charge in [0, 0.05) is 25.1 Å². The molecule has 0 radical (unpaired) electrons. The SMILES string of the molecule is Fc1ccc(CNc2cccnc2-n2cccn2)cc1Br. The van der Waals surface area contributed by atoms with E-state index < -0.39 is 0 Å². The van der Waals surface area contributed by atoms with E-state index in [4.69, 9.17) is 0 Å². The van der Waals surface area contributed by atoms with Crippen LogP contribution in [0.2, 0.25) is 0 Å². The number of aromatic nitrogens is 3. The van der Waals surface area contributed by atoms with E-state index in [-0.39, 0.29) is 5.82 Å². The molecule has 1 aromatic carbocycles. The molecule has 21 heavy (non-hydrogen) atoms. The molecule has 0 atom stereocenters. The monoisotopic (exact) mass is 346 g/mol. The summed E-state index contributed by atoms with van der Waals surface area (Å²) in [7, 11) is 0. The maximum absolute atomic E-state index is 13.2. The summed E-state index contributed by atoms with van der Waals surface area (Å²) in [6, 6.07) is 10.6. The van der Waals surface area contributed by atoms with Gasteiger partial charge in [-0.3, -0.25) is 0 Å². The second-order valence-electron chi connectivity index (χ2n) is 4.43. The molecule has 0 unspecified atom stereocenters. The number of halogens is 2. The summed E-state index contributed by atoms with van der Waals surface area (Å²) in [4.78, 5) is 4.33. The highest BCUT2D eigenvalue weighted by atomic mass is 79.9. The predicted molar refractivity (Wildman–Crippen MR) is 82.8 cm³/mol. The highest BCUT2D eigenvalue weighted by Gasteiger charge is 2.06. The summed E-state index contributed by atoms with van der Waals surface area (Å²) in [5.74, 6) is 0.459. The van der Waals surface area contributed by atoms with Crippen molar-refractivity contribution in [3.05, 3.63) is 70.8 Å². The first-order chi connectivity index (χ1) is 10.2. The van der Waals surface area contributed by atoms with Crippen LogP contribution in [-0.4, -0.2) is 14.8 Å². The third-order valence-electron chi connectivity index (χ3n) is 2.98. The molecule has 0 amide bonds. The van der Waals surface area contributed by atoms with Crippen molar-refractivity contribution in [2.75, 3.05) is 5.32 Å². The van der Waals surface area contributed by atoms with Crippen molar-refractivity contribution in [1.29, 1.82) is 0 Å². The number of anilines is 1. The molecule has 0 spiro atoms. The fourth-order valence-electron chi connectivity index (χ4n) is 1.96. The van der Waals surface area contributed by atoms with Crippen LogP contribution in [0, 0.1) is 5.82 Å². The van der Waals surface area contributed by atoms with Crippen LogP contribution in [0.15, 0.2) is 59.5 Å². The van der Waals surface area contributed by atoms with Crippen LogP contribution in [0.3, 0.4) is 0 Å². The first-order valence-electron chi connectivity index (χ1n) is 6.37. The van der Waals surface area contributed by atoms with E-state index in [0.29, 0.717) is 11.0 Å². The minimum atomic E-state index is -0.266. The first-order valence-corrected chi connectivity index (χ1v) is 7.16. The first kappa shape index (κ1) is 13.8. The lowest BCUT2D eigenvalue weighted by Gasteiger charge is -2.11. The van der Waals surface area contributed by atoms with Crippen molar-refractivity contribution < 1.29 is 4.39 Å². The van der Waals surface area contributed by atoms with Crippen molar-refractivity contribution in [3.63, 3.8) is 0 Å². The number of benzene rings is 1. The molecule has 0 fully saturated rings. The van der Waals surface area contributed by atoms with E-state index in [9.17, 15) is 4.39 Å². The van der Waals surface area contributed by atoms with Crippen molar-refractivity contribution in [3.8, 4) is 5.82 Å². The van der Waals surface area contributed by atoms with E-state index in [2.05, 4.69) is 31.3 Å². The zero-order valence-electron chi connectivity index (χ0n) is 11.0. The second kappa shape index (κ2) is 6.05. The average molecular weight is 347 g/mol. The average Bonchev–Trinajstić information content (AvgIpc) is 3.03. The van der Waals surface area contributed by atoms with Crippen LogP contribution >= 0.6 is 15.9 Å². The maximum atomic E-state index is 13.2. The fourth-order valence-corrected chi connectivity index (χ4v) is 2.38. The largest absolute Gasteiger partial charge is 0.378 e. The third kappa shape index (κ3) is 3.11. The molecule has 3 rings (SSSR count). The summed E-state index contributed by atoms with van der Waals surface area (Å²) < 4.78 is 15.4. The van der Waals surface area contributed by atoms with Gasteiger partial charge in [0.1, 0.15) is 5.82 Å². The van der Waals surface area contributed by atoms with Gasteiger partial charge in [-0.15, -0.1) is 0 Å². The summed E-state index contributed by atoms with van der Waals surface area (Å²) in [5, 5.41) is 7.48. The normalized spacial score (nSPS) is 10.6. The Balaban J connectivity index is 1.81. The molecule has 0 aliphatic carbocycles. The maximum Gasteiger partial charge on any atom is 0.176 e. The zero-order chi connectivity index (χ0) is 14.7. The summed E-state index contributed by atoms with van der Waals surface area (Å²) >= 11 is 3.19. The molecule has 106 valence electrons. The van der Waals surface area contributed by atoms with Gasteiger partial charge in [0.15, 0.2) is 5.82 Å². The van der Waals surface area contributed by atoms with Gasteiger partial charge in [-0.1, -0.05) is 6.07 Å². The lowest BCUT2D eigenvalue weighted by Crippen LogP contribution is -2.06. The van der Waals surface area contributed by atoms with Crippen molar-refractivity contribution in [1.82, 2.24) is 14.8 Å². The van der Waals surface area contributed by atoms with E-state index in [1.165, 1.54) is 6.07 Å². The van der Waals surface area contributed by atoms with E-state index in [0.717, 1.165) is 17.1 Å². The third-order valence-corrected chi connectivity index (χ3v) is 3.58. The van der Waals surface area contributed by atoms with Gasteiger partial charge in [-0.2, -0.15) is 5.10 Å². The van der Waals surface area contributed by atoms with Crippen LogP contribution in [0.5, 0.6) is 0 Å².